The number of hydrogen-bond donors (Lipinski definition) is 1. The zero-order chi connectivity index (χ0) is 19.2. The molecule has 1 aromatic carbocycles. The van der Waals surface area contributed by atoms with Crippen LogP contribution < -0.4 is 5.32 Å². The number of rotatable bonds is 7. The van der Waals surface area contributed by atoms with Gasteiger partial charge in [-0.2, -0.15) is 0 Å². The molecule has 6 heteroatoms. The number of nitrogens with zero attached hydrogens (tertiary/aromatic N) is 2. The summed E-state index contributed by atoms with van der Waals surface area (Å²) < 4.78 is 13.7. The Hall–Kier alpha value is -1.95. The Kier molecular flexibility index (Phi) is 6.83. The maximum Gasteiger partial charge on any atom is 0.224 e. The van der Waals surface area contributed by atoms with Gasteiger partial charge in [0.05, 0.1) is 0 Å². The molecule has 27 heavy (non-hydrogen) atoms. The van der Waals surface area contributed by atoms with Gasteiger partial charge in [0.15, 0.2) is 0 Å². The first kappa shape index (κ1) is 19.8. The molecular formula is C21H30FN3O2. The first-order valence-corrected chi connectivity index (χ1v) is 10.0. The lowest BCUT2D eigenvalue weighted by Crippen LogP contribution is -2.41. The van der Waals surface area contributed by atoms with E-state index in [9.17, 15) is 14.0 Å². The van der Waals surface area contributed by atoms with Crippen molar-refractivity contribution in [3.8, 4) is 0 Å². The highest BCUT2D eigenvalue weighted by Gasteiger charge is 2.26. The molecule has 1 atom stereocenters. The SMILES string of the molecule is CN(CC1CCN(CCc2ccccc2F)CC1)C(=O)C[C@@H]1CCC(=O)N1. The molecule has 2 heterocycles. The fourth-order valence-electron chi connectivity index (χ4n) is 4.06. The Morgan fingerprint density at radius 3 is 2.67 bits per heavy atom. The van der Waals surface area contributed by atoms with Crippen molar-refractivity contribution in [2.75, 3.05) is 33.2 Å². The fourth-order valence-corrected chi connectivity index (χ4v) is 4.06. The standard InChI is InChI=1S/C21H30FN3O2/c1-24(21(27)14-18-6-7-20(26)23-18)15-16-8-11-25(12-9-16)13-10-17-4-2-3-5-19(17)22/h2-5,16,18H,6-15H2,1H3,(H,23,26)/t18-/m0/s1. The number of hydrogen-bond acceptors (Lipinski definition) is 3. The van der Waals surface area contributed by atoms with Gasteiger partial charge in [-0.3, -0.25) is 9.59 Å². The molecule has 1 aromatic rings. The van der Waals surface area contributed by atoms with Crippen molar-refractivity contribution >= 4 is 11.8 Å². The normalized spacial score (nSPS) is 21.3. The summed E-state index contributed by atoms with van der Waals surface area (Å²) >= 11 is 0. The van der Waals surface area contributed by atoms with Crippen molar-refractivity contribution in [3.63, 3.8) is 0 Å². The Labute approximate surface area is 160 Å². The minimum Gasteiger partial charge on any atom is -0.353 e. The third kappa shape index (κ3) is 5.76. The number of benzene rings is 1. The molecule has 0 saturated carbocycles. The smallest absolute Gasteiger partial charge is 0.224 e. The lowest BCUT2D eigenvalue weighted by atomic mass is 9.95. The van der Waals surface area contributed by atoms with Crippen LogP contribution in [0.3, 0.4) is 0 Å². The summed E-state index contributed by atoms with van der Waals surface area (Å²) in [5, 5.41) is 2.86. The van der Waals surface area contributed by atoms with Gasteiger partial charge in [0.2, 0.25) is 11.8 Å². The van der Waals surface area contributed by atoms with E-state index in [1.807, 2.05) is 24.1 Å². The molecule has 0 aliphatic carbocycles. The van der Waals surface area contributed by atoms with Gasteiger partial charge in [-0.05, 0) is 56.3 Å². The van der Waals surface area contributed by atoms with Gasteiger partial charge in [0, 0.05) is 39.0 Å². The average molecular weight is 375 g/mol. The van der Waals surface area contributed by atoms with E-state index in [4.69, 9.17) is 0 Å². The minimum absolute atomic E-state index is 0.00711. The van der Waals surface area contributed by atoms with Crippen LogP contribution in [-0.2, 0) is 16.0 Å². The van der Waals surface area contributed by atoms with Crippen LogP contribution in [0.4, 0.5) is 4.39 Å². The second kappa shape index (κ2) is 9.31. The van der Waals surface area contributed by atoms with Gasteiger partial charge < -0.3 is 15.1 Å². The van der Waals surface area contributed by atoms with Crippen molar-refractivity contribution < 1.29 is 14.0 Å². The van der Waals surface area contributed by atoms with Crippen molar-refractivity contribution in [1.29, 1.82) is 0 Å². The molecule has 0 spiro atoms. The molecular weight excluding hydrogens is 345 g/mol. The minimum atomic E-state index is -0.119. The van der Waals surface area contributed by atoms with Gasteiger partial charge in [-0.25, -0.2) is 4.39 Å². The van der Waals surface area contributed by atoms with E-state index in [2.05, 4.69) is 10.2 Å². The predicted octanol–water partition coefficient (Wildman–Crippen LogP) is 2.21. The molecule has 0 unspecified atom stereocenters. The molecule has 2 saturated heterocycles. The van der Waals surface area contributed by atoms with Gasteiger partial charge in [0.25, 0.3) is 0 Å². The van der Waals surface area contributed by atoms with Gasteiger partial charge in [-0.1, -0.05) is 18.2 Å². The topological polar surface area (TPSA) is 52.7 Å². The lowest BCUT2D eigenvalue weighted by Gasteiger charge is -2.34. The molecule has 2 amide bonds. The molecule has 1 N–H and O–H groups in total. The predicted molar refractivity (Wildman–Crippen MR) is 103 cm³/mol. The maximum absolute atomic E-state index is 13.7. The summed E-state index contributed by atoms with van der Waals surface area (Å²) in [5.74, 6) is 0.565. The number of nitrogens with one attached hydrogen (secondary N) is 1. The number of carbonyl (C=O) groups is 2. The third-order valence-electron chi connectivity index (χ3n) is 5.83. The van der Waals surface area contributed by atoms with Crippen molar-refractivity contribution in [1.82, 2.24) is 15.1 Å². The van der Waals surface area contributed by atoms with Gasteiger partial charge in [-0.15, -0.1) is 0 Å². The van der Waals surface area contributed by atoms with Crippen LogP contribution in [0, 0.1) is 11.7 Å². The maximum atomic E-state index is 13.7. The van der Waals surface area contributed by atoms with Gasteiger partial charge >= 0.3 is 0 Å². The third-order valence-corrected chi connectivity index (χ3v) is 5.83. The van der Waals surface area contributed by atoms with E-state index in [0.717, 1.165) is 57.4 Å². The Bertz CT molecular complexity index is 659. The summed E-state index contributed by atoms with van der Waals surface area (Å²) in [6.45, 7) is 3.66. The fraction of sp³-hybridized carbons (Fsp3) is 0.619. The van der Waals surface area contributed by atoms with E-state index in [-0.39, 0.29) is 23.7 Å². The molecule has 0 aromatic heterocycles. The molecule has 2 aliphatic rings. The van der Waals surface area contributed by atoms with E-state index in [1.165, 1.54) is 6.07 Å². The van der Waals surface area contributed by atoms with Crippen molar-refractivity contribution in [2.24, 2.45) is 5.92 Å². The Morgan fingerprint density at radius 2 is 2.00 bits per heavy atom. The van der Waals surface area contributed by atoms with Gasteiger partial charge in [0.1, 0.15) is 5.82 Å². The number of likely N-dealkylation sites (tertiary alicyclic amines) is 1. The van der Waals surface area contributed by atoms with Crippen molar-refractivity contribution in [3.05, 3.63) is 35.6 Å². The quantitative estimate of drug-likeness (QED) is 0.795. The summed E-state index contributed by atoms with van der Waals surface area (Å²) in [6, 6.07) is 6.99. The zero-order valence-electron chi connectivity index (χ0n) is 16.1. The summed E-state index contributed by atoms with van der Waals surface area (Å²) in [5.41, 5.74) is 0.781. The summed E-state index contributed by atoms with van der Waals surface area (Å²) in [7, 11) is 1.86. The number of carbonyl (C=O) groups excluding carboxylic acids is 2. The van der Waals surface area contributed by atoms with Crippen LogP contribution in [0.15, 0.2) is 24.3 Å². The highest BCUT2D eigenvalue weighted by molar-refractivity contribution is 5.81. The van der Waals surface area contributed by atoms with Crippen LogP contribution in [-0.4, -0.2) is 60.9 Å². The molecule has 3 rings (SSSR count). The van der Waals surface area contributed by atoms with E-state index in [0.29, 0.717) is 18.8 Å². The summed E-state index contributed by atoms with van der Waals surface area (Å²) in [4.78, 5) is 27.8. The van der Waals surface area contributed by atoms with Crippen molar-refractivity contribution in [2.45, 2.75) is 44.6 Å². The second-order valence-corrected chi connectivity index (χ2v) is 7.91. The first-order valence-electron chi connectivity index (χ1n) is 10.0. The zero-order valence-corrected chi connectivity index (χ0v) is 16.1. The first-order chi connectivity index (χ1) is 13.0. The van der Waals surface area contributed by atoms with Crippen LogP contribution in [0.1, 0.15) is 37.7 Å². The molecule has 0 radical (unpaired) electrons. The molecule has 2 aliphatic heterocycles. The summed E-state index contributed by atoms with van der Waals surface area (Å²) in [6.07, 6.45) is 4.57. The lowest BCUT2D eigenvalue weighted by molar-refractivity contribution is -0.131. The van der Waals surface area contributed by atoms with Crippen LogP contribution in [0.2, 0.25) is 0 Å². The molecule has 0 bridgehead atoms. The Balaban J connectivity index is 1.35. The van der Waals surface area contributed by atoms with Crippen LogP contribution in [0.5, 0.6) is 0 Å². The molecule has 5 nitrogen and oxygen atoms in total. The van der Waals surface area contributed by atoms with Crippen LogP contribution >= 0.6 is 0 Å². The molecule has 2 fully saturated rings. The van der Waals surface area contributed by atoms with Crippen LogP contribution in [0.25, 0.3) is 0 Å². The average Bonchev–Trinajstić information content (AvgIpc) is 3.07. The Morgan fingerprint density at radius 1 is 1.26 bits per heavy atom. The largest absolute Gasteiger partial charge is 0.353 e. The van der Waals surface area contributed by atoms with E-state index >= 15 is 0 Å². The molecule has 148 valence electrons. The number of piperidine rings is 1. The number of halogens is 1. The second-order valence-electron chi connectivity index (χ2n) is 7.91. The number of amides is 2. The highest BCUT2D eigenvalue weighted by atomic mass is 19.1. The highest BCUT2D eigenvalue weighted by Crippen LogP contribution is 2.20. The monoisotopic (exact) mass is 375 g/mol. The van der Waals surface area contributed by atoms with E-state index in [1.54, 1.807) is 6.07 Å². The van der Waals surface area contributed by atoms with E-state index < -0.39 is 0 Å².